The molecule has 1 heterocycles. The van der Waals surface area contributed by atoms with Crippen LogP contribution in [0.4, 0.5) is 0 Å². The van der Waals surface area contributed by atoms with E-state index >= 15 is 0 Å². The Morgan fingerprint density at radius 3 is 2.84 bits per heavy atom. The molecule has 1 amide bonds. The molecule has 0 aliphatic heterocycles. The number of hydrogen-bond donors (Lipinski definition) is 2. The van der Waals surface area contributed by atoms with Gasteiger partial charge in [0, 0.05) is 24.5 Å². The van der Waals surface area contributed by atoms with Gasteiger partial charge in [0.1, 0.15) is 11.5 Å². The third kappa shape index (κ3) is 5.22. The number of ether oxygens (including phenoxy) is 2. The lowest BCUT2D eigenvalue weighted by Crippen LogP contribution is -2.23. The third-order valence-corrected chi connectivity index (χ3v) is 5.38. The lowest BCUT2D eigenvalue weighted by Gasteiger charge is -2.15. The monoisotopic (exact) mass is 418 g/mol. The number of pyridine rings is 1. The quantitative estimate of drug-likeness (QED) is 0.550. The van der Waals surface area contributed by atoms with Gasteiger partial charge in [-0.1, -0.05) is 18.2 Å². The molecule has 31 heavy (non-hydrogen) atoms. The van der Waals surface area contributed by atoms with Gasteiger partial charge >= 0.3 is 0 Å². The molecule has 1 aromatic heterocycles. The maximum atomic E-state index is 13.1. The second-order valence-corrected chi connectivity index (χ2v) is 7.69. The number of rotatable bonds is 9. The van der Waals surface area contributed by atoms with Crippen LogP contribution in [-0.2, 0) is 13.2 Å². The smallest absolute Gasteiger partial charge is 0.255 e. The summed E-state index contributed by atoms with van der Waals surface area (Å²) in [7, 11) is 1.62. The first-order valence-corrected chi connectivity index (χ1v) is 10.4. The Morgan fingerprint density at radius 1 is 1.19 bits per heavy atom. The number of carbonyl (C=O) groups is 1. The molecular weight excluding hydrogens is 392 g/mol. The van der Waals surface area contributed by atoms with Crippen molar-refractivity contribution in [2.24, 2.45) is 5.92 Å². The number of aliphatic hydroxyl groups excluding tert-OH is 1. The van der Waals surface area contributed by atoms with Crippen LogP contribution in [0.25, 0.3) is 11.1 Å². The highest BCUT2D eigenvalue weighted by molar-refractivity contribution is 5.98. The van der Waals surface area contributed by atoms with E-state index in [-0.39, 0.29) is 12.5 Å². The van der Waals surface area contributed by atoms with Gasteiger partial charge < -0.3 is 19.9 Å². The van der Waals surface area contributed by atoms with Crippen molar-refractivity contribution in [2.75, 3.05) is 13.7 Å². The Kier molecular flexibility index (Phi) is 6.48. The van der Waals surface area contributed by atoms with Gasteiger partial charge in [0.05, 0.1) is 25.9 Å². The average Bonchev–Trinajstić information content (AvgIpc) is 3.66. The minimum atomic E-state index is -0.218. The molecule has 0 bridgehead atoms. The summed E-state index contributed by atoms with van der Waals surface area (Å²) in [5.41, 5.74) is 3.76. The van der Waals surface area contributed by atoms with Crippen molar-refractivity contribution in [1.29, 1.82) is 0 Å². The van der Waals surface area contributed by atoms with Gasteiger partial charge in [0.2, 0.25) is 0 Å². The number of benzene rings is 2. The molecule has 4 rings (SSSR count). The Labute approximate surface area is 181 Å². The van der Waals surface area contributed by atoms with Gasteiger partial charge in [-0.15, -0.1) is 0 Å². The summed E-state index contributed by atoms with van der Waals surface area (Å²) in [4.78, 5) is 17.3. The normalized spacial score (nSPS) is 13.0. The molecular formula is C25H26N2O4. The van der Waals surface area contributed by atoms with E-state index in [1.54, 1.807) is 31.6 Å². The van der Waals surface area contributed by atoms with Crippen LogP contribution in [0.3, 0.4) is 0 Å². The molecule has 0 atom stereocenters. The highest BCUT2D eigenvalue weighted by Crippen LogP contribution is 2.32. The molecule has 0 spiro atoms. The summed E-state index contributed by atoms with van der Waals surface area (Å²) in [6.07, 6.45) is 5.68. The Bertz CT molecular complexity index is 1060. The first-order valence-electron chi connectivity index (χ1n) is 10.4. The van der Waals surface area contributed by atoms with Gasteiger partial charge in [0.15, 0.2) is 0 Å². The number of carbonyl (C=O) groups excluding carboxylic acids is 1. The van der Waals surface area contributed by atoms with E-state index in [1.165, 1.54) is 12.8 Å². The van der Waals surface area contributed by atoms with Crippen molar-refractivity contribution in [3.63, 3.8) is 0 Å². The van der Waals surface area contributed by atoms with E-state index < -0.39 is 0 Å². The summed E-state index contributed by atoms with van der Waals surface area (Å²) >= 11 is 0. The molecule has 160 valence electrons. The Balaban J connectivity index is 1.59. The molecule has 2 N–H and O–H groups in total. The highest BCUT2D eigenvalue weighted by atomic mass is 16.5. The van der Waals surface area contributed by atoms with E-state index in [1.807, 2.05) is 36.4 Å². The minimum absolute atomic E-state index is 0.102. The van der Waals surface area contributed by atoms with Gasteiger partial charge in [0.25, 0.3) is 5.91 Å². The number of nitrogens with one attached hydrogen (secondary N) is 1. The number of aromatic nitrogens is 1. The molecule has 1 fully saturated rings. The number of amides is 1. The van der Waals surface area contributed by atoms with E-state index in [0.717, 1.165) is 28.0 Å². The van der Waals surface area contributed by atoms with Crippen LogP contribution in [0.15, 0.2) is 60.9 Å². The summed E-state index contributed by atoms with van der Waals surface area (Å²) < 4.78 is 11.2. The fraction of sp³-hybridized carbons (Fsp3) is 0.280. The van der Waals surface area contributed by atoms with E-state index in [9.17, 15) is 9.90 Å². The second kappa shape index (κ2) is 9.62. The molecule has 2 aromatic carbocycles. The number of hydrogen-bond acceptors (Lipinski definition) is 5. The molecule has 3 aromatic rings. The fourth-order valence-electron chi connectivity index (χ4n) is 3.37. The summed E-state index contributed by atoms with van der Waals surface area (Å²) in [6, 6.07) is 14.9. The molecule has 0 saturated heterocycles. The van der Waals surface area contributed by atoms with Crippen molar-refractivity contribution >= 4 is 5.91 Å². The van der Waals surface area contributed by atoms with Crippen molar-refractivity contribution in [2.45, 2.75) is 26.0 Å². The summed E-state index contributed by atoms with van der Waals surface area (Å²) in [5.74, 6) is 1.67. The number of methoxy groups -OCH3 is 1. The standard InChI is InChI=1S/C25H26N2O4/c1-30-21-4-2-3-18(11-21)13-27-25(29)22-12-19(23-14-26-10-9-20(23)15-28)7-8-24(22)31-16-17-5-6-17/h2-4,7-12,14,17,28H,5-6,13,15-16H2,1H3,(H,27,29). The number of nitrogens with zero attached hydrogens (tertiary/aromatic N) is 1. The topological polar surface area (TPSA) is 80.7 Å². The molecule has 6 nitrogen and oxygen atoms in total. The van der Waals surface area contributed by atoms with Crippen LogP contribution in [0.1, 0.15) is 34.3 Å². The summed E-state index contributed by atoms with van der Waals surface area (Å²) in [6.45, 7) is 0.885. The third-order valence-electron chi connectivity index (χ3n) is 5.38. The lowest BCUT2D eigenvalue weighted by atomic mass is 9.99. The predicted molar refractivity (Wildman–Crippen MR) is 118 cm³/mol. The molecule has 1 aliphatic rings. The van der Waals surface area contributed by atoms with Gasteiger partial charge in [-0.05, 0) is 65.8 Å². The lowest BCUT2D eigenvalue weighted by molar-refractivity contribution is 0.0946. The zero-order chi connectivity index (χ0) is 21.6. The largest absolute Gasteiger partial charge is 0.497 e. The molecule has 1 saturated carbocycles. The number of aliphatic hydroxyl groups is 1. The van der Waals surface area contributed by atoms with Crippen molar-refractivity contribution < 1.29 is 19.4 Å². The van der Waals surface area contributed by atoms with Crippen molar-refractivity contribution in [1.82, 2.24) is 10.3 Å². The molecule has 6 heteroatoms. The van der Waals surface area contributed by atoms with Crippen LogP contribution >= 0.6 is 0 Å². The Hall–Kier alpha value is -3.38. The highest BCUT2D eigenvalue weighted by Gasteiger charge is 2.23. The zero-order valence-corrected chi connectivity index (χ0v) is 17.5. The SMILES string of the molecule is COc1cccc(CNC(=O)c2cc(-c3cnccc3CO)ccc2OCC2CC2)c1. The van der Waals surface area contributed by atoms with E-state index in [0.29, 0.717) is 30.4 Å². The molecule has 1 aliphatic carbocycles. The summed E-state index contributed by atoms with van der Waals surface area (Å²) in [5, 5.41) is 12.7. The van der Waals surface area contributed by atoms with Crippen LogP contribution in [0.5, 0.6) is 11.5 Å². The van der Waals surface area contributed by atoms with Crippen molar-refractivity contribution in [3.05, 3.63) is 77.6 Å². The molecule has 0 unspecified atom stereocenters. The van der Waals surface area contributed by atoms with E-state index in [2.05, 4.69) is 10.3 Å². The van der Waals surface area contributed by atoms with Crippen LogP contribution in [-0.4, -0.2) is 29.7 Å². The first kappa shape index (κ1) is 20.9. The van der Waals surface area contributed by atoms with E-state index in [4.69, 9.17) is 9.47 Å². The predicted octanol–water partition coefficient (Wildman–Crippen LogP) is 3.97. The molecule has 0 radical (unpaired) electrons. The first-order chi connectivity index (χ1) is 15.2. The van der Waals surface area contributed by atoms with Crippen molar-refractivity contribution in [3.8, 4) is 22.6 Å². The van der Waals surface area contributed by atoms with Gasteiger partial charge in [-0.2, -0.15) is 0 Å². The van der Waals surface area contributed by atoms with Gasteiger partial charge in [-0.25, -0.2) is 0 Å². The van der Waals surface area contributed by atoms with Crippen LogP contribution in [0.2, 0.25) is 0 Å². The minimum Gasteiger partial charge on any atom is -0.497 e. The average molecular weight is 418 g/mol. The Morgan fingerprint density at radius 2 is 2.06 bits per heavy atom. The zero-order valence-electron chi connectivity index (χ0n) is 17.5. The fourth-order valence-corrected chi connectivity index (χ4v) is 3.37. The maximum absolute atomic E-state index is 13.1. The van der Waals surface area contributed by atoms with Crippen LogP contribution < -0.4 is 14.8 Å². The van der Waals surface area contributed by atoms with Crippen LogP contribution in [0, 0.1) is 5.92 Å². The maximum Gasteiger partial charge on any atom is 0.255 e. The second-order valence-electron chi connectivity index (χ2n) is 7.69. The van der Waals surface area contributed by atoms with Gasteiger partial charge in [-0.3, -0.25) is 9.78 Å².